The fourth-order valence-electron chi connectivity index (χ4n) is 3.87. The fourth-order valence-corrected chi connectivity index (χ4v) is 3.87. The van der Waals surface area contributed by atoms with E-state index in [1.165, 1.54) is 0 Å². The van der Waals surface area contributed by atoms with Crippen molar-refractivity contribution in [3.8, 4) is 5.75 Å². The maximum absolute atomic E-state index is 12.9. The topological polar surface area (TPSA) is 87.7 Å². The van der Waals surface area contributed by atoms with Gasteiger partial charge in [-0.2, -0.15) is 0 Å². The molecule has 0 aromatic heterocycles. The molecule has 0 saturated carbocycles. The molecule has 4 rings (SSSR count). The molecule has 0 unspecified atom stereocenters. The number of anilines is 2. The molecule has 1 aliphatic heterocycles. The predicted molar refractivity (Wildman–Crippen MR) is 131 cm³/mol. The molecule has 0 radical (unpaired) electrons. The highest BCUT2D eigenvalue weighted by Crippen LogP contribution is 2.24. The van der Waals surface area contributed by atoms with Crippen LogP contribution in [0.15, 0.2) is 78.9 Å². The highest BCUT2D eigenvalue weighted by Gasteiger charge is 2.21. The van der Waals surface area contributed by atoms with E-state index in [9.17, 15) is 14.4 Å². The quantitative estimate of drug-likeness (QED) is 0.527. The van der Waals surface area contributed by atoms with Gasteiger partial charge in [0.25, 0.3) is 11.8 Å². The summed E-state index contributed by atoms with van der Waals surface area (Å²) in [5.74, 6) is -0.0162. The van der Waals surface area contributed by atoms with E-state index >= 15 is 0 Å². The standard InChI is InChI=1S/C27H27N3O4/c1-19(20-8-3-2-4-9-20)28-27(33)23-10-5-6-11-24(23)29-25(31)18-34-22-15-13-21(14-16-22)30-17-7-12-26(30)32/h2-6,8-11,13-16,19H,7,12,17-18H2,1H3,(H,28,33)(H,29,31)/t19-/m1/s1. The number of para-hydroxylation sites is 1. The minimum absolute atomic E-state index is 0.119. The summed E-state index contributed by atoms with van der Waals surface area (Å²) < 4.78 is 5.59. The van der Waals surface area contributed by atoms with Crippen LogP contribution in [0.25, 0.3) is 0 Å². The summed E-state index contributed by atoms with van der Waals surface area (Å²) in [6.45, 7) is 2.42. The van der Waals surface area contributed by atoms with Gasteiger partial charge in [-0.1, -0.05) is 42.5 Å². The van der Waals surface area contributed by atoms with Crippen molar-refractivity contribution < 1.29 is 19.1 Å². The molecule has 1 saturated heterocycles. The first kappa shape index (κ1) is 23.0. The second-order valence-corrected chi connectivity index (χ2v) is 8.13. The van der Waals surface area contributed by atoms with Gasteiger partial charge in [0.2, 0.25) is 5.91 Å². The van der Waals surface area contributed by atoms with E-state index in [4.69, 9.17) is 4.74 Å². The molecule has 0 aliphatic carbocycles. The van der Waals surface area contributed by atoms with Crippen molar-refractivity contribution in [1.29, 1.82) is 0 Å². The summed E-state index contributed by atoms with van der Waals surface area (Å²) in [5.41, 5.74) is 2.60. The molecule has 1 aliphatic rings. The number of nitrogens with zero attached hydrogens (tertiary/aromatic N) is 1. The third-order valence-electron chi connectivity index (χ3n) is 5.68. The molecule has 3 aromatic carbocycles. The third kappa shape index (κ3) is 5.61. The first-order valence-corrected chi connectivity index (χ1v) is 11.3. The summed E-state index contributed by atoms with van der Waals surface area (Å²) in [5, 5.41) is 5.72. The van der Waals surface area contributed by atoms with Crippen LogP contribution in [0.2, 0.25) is 0 Å². The molecule has 0 bridgehead atoms. The number of carbonyl (C=O) groups excluding carboxylic acids is 3. The second kappa shape index (κ2) is 10.7. The van der Waals surface area contributed by atoms with E-state index in [2.05, 4.69) is 10.6 Å². The number of hydrogen-bond donors (Lipinski definition) is 2. The Morgan fingerprint density at radius 1 is 0.971 bits per heavy atom. The van der Waals surface area contributed by atoms with E-state index in [-0.39, 0.29) is 30.4 Å². The lowest BCUT2D eigenvalue weighted by atomic mass is 10.1. The molecule has 1 atom stereocenters. The van der Waals surface area contributed by atoms with Crippen molar-refractivity contribution in [2.45, 2.75) is 25.8 Å². The highest BCUT2D eigenvalue weighted by molar-refractivity contribution is 6.04. The summed E-state index contributed by atoms with van der Waals surface area (Å²) in [6, 6.07) is 23.4. The third-order valence-corrected chi connectivity index (χ3v) is 5.68. The molecule has 1 heterocycles. The Morgan fingerprint density at radius 2 is 1.68 bits per heavy atom. The van der Waals surface area contributed by atoms with E-state index in [1.54, 1.807) is 41.3 Å². The normalized spacial score (nSPS) is 13.9. The zero-order valence-electron chi connectivity index (χ0n) is 19.0. The number of carbonyl (C=O) groups is 3. The SMILES string of the molecule is C[C@@H](NC(=O)c1ccccc1NC(=O)COc1ccc(N2CCCC2=O)cc1)c1ccccc1. The van der Waals surface area contributed by atoms with Crippen LogP contribution in [-0.4, -0.2) is 30.9 Å². The monoisotopic (exact) mass is 457 g/mol. The van der Waals surface area contributed by atoms with E-state index < -0.39 is 0 Å². The van der Waals surface area contributed by atoms with Gasteiger partial charge < -0.3 is 20.3 Å². The molecule has 3 aromatic rings. The van der Waals surface area contributed by atoms with Crippen LogP contribution in [0.1, 0.15) is 41.7 Å². The van der Waals surface area contributed by atoms with E-state index in [0.29, 0.717) is 23.4 Å². The number of rotatable bonds is 8. The minimum Gasteiger partial charge on any atom is -0.484 e. The van der Waals surface area contributed by atoms with E-state index in [0.717, 1.165) is 24.2 Å². The molecule has 34 heavy (non-hydrogen) atoms. The maximum Gasteiger partial charge on any atom is 0.262 e. The van der Waals surface area contributed by atoms with Gasteiger partial charge in [0, 0.05) is 18.7 Å². The lowest BCUT2D eigenvalue weighted by Crippen LogP contribution is -2.28. The van der Waals surface area contributed by atoms with Crippen LogP contribution in [0.3, 0.4) is 0 Å². The van der Waals surface area contributed by atoms with Gasteiger partial charge in [-0.25, -0.2) is 0 Å². The van der Waals surface area contributed by atoms with Crippen molar-refractivity contribution in [3.05, 3.63) is 90.0 Å². The number of benzene rings is 3. The van der Waals surface area contributed by atoms with Crippen LogP contribution in [0, 0.1) is 0 Å². The molecule has 3 amide bonds. The van der Waals surface area contributed by atoms with Crippen LogP contribution >= 0.6 is 0 Å². The van der Waals surface area contributed by atoms with Crippen molar-refractivity contribution in [1.82, 2.24) is 5.32 Å². The molecule has 1 fully saturated rings. The first-order chi connectivity index (χ1) is 16.5. The number of hydrogen-bond acceptors (Lipinski definition) is 4. The van der Waals surface area contributed by atoms with Crippen LogP contribution in [-0.2, 0) is 9.59 Å². The average Bonchev–Trinajstić information content (AvgIpc) is 3.29. The zero-order valence-corrected chi connectivity index (χ0v) is 19.0. The Morgan fingerprint density at radius 3 is 2.38 bits per heavy atom. The molecule has 0 spiro atoms. The second-order valence-electron chi connectivity index (χ2n) is 8.13. The van der Waals surface area contributed by atoms with E-state index in [1.807, 2.05) is 49.4 Å². The summed E-state index contributed by atoms with van der Waals surface area (Å²) in [6.07, 6.45) is 1.44. The van der Waals surface area contributed by atoms with Crippen LogP contribution < -0.4 is 20.3 Å². The number of nitrogens with one attached hydrogen (secondary N) is 2. The fraction of sp³-hybridized carbons (Fsp3) is 0.222. The van der Waals surface area contributed by atoms with Gasteiger partial charge in [-0.3, -0.25) is 14.4 Å². The largest absolute Gasteiger partial charge is 0.484 e. The van der Waals surface area contributed by atoms with Crippen molar-refractivity contribution in [2.75, 3.05) is 23.4 Å². The highest BCUT2D eigenvalue weighted by atomic mass is 16.5. The molecule has 174 valence electrons. The van der Waals surface area contributed by atoms with Gasteiger partial charge in [-0.05, 0) is 55.3 Å². The van der Waals surface area contributed by atoms with Crippen LogP contribution in [0.4, 0.5) is 11.4 Å². The number of ether oxygens (including phenoxy) is 1. The van der Waals surface area contributed by atoms with Gasteiger partial charge in [0.05, 0.1) is 17.3 Å². The Hall–Kier alpha value is -4.13. The van der Waals surface area contributed by atoms with Gasteiger partial charge in [0.1, 0.15) is 5.75 Å². The maximum atomic E-state index is 12.9. The lowest BCUT2D eigenvalue weighted by molar-refractivity contribution is -0.118. The predicted octanol–water partition coefficient (Wildman–Crippen LogP) is 4.32. The molecular weight excluding hydrogens is 430 g/mol. The van der Waals surface area contributed by atoms with Crippen molar-refractivity contribution in [2.24, 2.45) is 0 Å². The summed E-state index contributed by atoms with van der Waals surface area (Å²) >= 11 is 0. The minimum atomic E-state index is -0.379. The van der Waals surface area contributed by atoms with Gasteiger partial charge >= 0.3 is 0 Å². The number of amides is 3. The van der Waals surface area contributed by atoms with Gasteiger partial charge in [0.15, 0.2) is 6.61 Å². The summed E-state index contributed by atoms with van der Waals surface area (Å²) in [7, 11) is 0. The lowest BCUT2D eigenvalue weighted by Gasteiger charge is -2.17. The first-order valence-electron chi connectivity index (χ1n) is 11.3. The van der Waals surface area contributed by atoms with Gasteiger partial charge in [-0.15, -0.1) is 0 Å². The van der Waals surface area contributed by atoms with Crippen LogP contribution in [0.5, 0.6) is 5.75 Å². The summed E-state index contributed by atoms with van der Waals surface area (Å²) in [4.78, 5) is 39.0. The molecular formula is C27H27N3O4. The smallest absolute Gasteiger partial charge is 0.262 e. The Balaban J connectivity index is 1.33. The van der Waals surface area contributed by atoms with Crippen molar-refractivity contribution >= 4 is 29.1 Å². The van der Waals surface area contributed by atoms with Crippen molar-refractivity contribution in [3.63, 3.8) is 0 Å². The Bertz CT molecular complexity index is 1160. The molecule has 7 heteroatoms. The Kier molecular flexibility index (Phi) is 7.22. The molecule has 2 N–H and O–H groups in total. The average molecular weight is 458 g/mol. The molecule has 7 nitrogen and oxygen atoms in total. The zero-order chi connectivity index (χ0) is 23.9. The Labute approximate surface area is 198 Å².